The Morgan fingerprint density at radius 3 is 2.77 bits per heavy atom. The van der Waals surface area contributed by atoms with E-state index in [9.17, 15) is 4.79 Å². The van der Waals surface area contributed by atoms with Crippen LogP contribution in [0, 0.1) is 13.3 Å². The number of nitrogens with zero attached hydrogens (tertiary/aromatic N) is 3. The van der Waals surface area contributed by atoms with Crippen LogP contribution in [0.2, 0.25) is 0 Å². The molecule has 67 valence electrons. The molecule has 1 radical (unpaired) electrons. The molecule has 4 nitrogen and oxygen atoms in total. The summed E-state index contributed by atoms with van der Waals surface area (Å²) in [6.07, 6.45) is 2.88. The van der Waals surface area contributed by atoms with Crippen LogP contribution in [0.25, 0.3) is 0 Å². The average Bonchev–Trinajstić information content (AvgIpc) is 2.00. The second-order valence-corrected chi connectivity index (χ2v) is 3.05. The minimum Gasteiger partial charge on any atom is -0.340 e. The van der Waals surface area contributed by atoms with E-state index in [0.717, 1.165) is 25.1 Å². The van der Waals surface area contributed by atoms with E-state index in [0.29, 0.717) is 11.6 Å². The first-order valence-corrected chi connectivity index (χ1v) is 4.17. The number of rotatable bonds is 2. The van der Waals surface area contributed by atoms with Crippen LogP contribution in [0.4, 0.5) is 5.95 Å². The minimum absolute atomic E-state index is 0.453. The lowest BCUT2D eigenvalue weighted by molar-refractivity contribution is 0.111. The van der Waals surface area contributed by atoms with E-state index in [2.05, 4.69) is 16.4 Å². The molecule has 1 saturated heterocycles. The smallest absolute Gasteiger partial charge is 0.226 e. The summed E-state index contributed by atoms with van der Waals surface area (Å²) in [6, 6.07) is 1.68. The zero-order valence-corrected chi connectivity index (χ0v) is 7.40. The molecule has 0 aliphatic carbocycles. The van der Waals surface area contributed by atoms with Gasteiger partial charge in [-0.2, -0.15) is 0 Å². The summed E-state index contributed by atoms with van der Waals surface area (Å²) in [6.45, 7) is 3.62. The zero-order chi connectivity index (χ0) is 9.26. The van der Waals surface area contributed by atoms with E-state index >= 15 is 0 Å². The zero-order valence-electron chi connectivity index (χ0n) is 7.40. The molecule has 0 amide bonds. The maximum atomic E-state index is 10.5. The Morgan fingerprint density at radius 1 is 1.46 bits per heavy atom. The summed E-state index contributed by atoms with van der Waals surface area (Å²) >= 11 is 0. The molecule has 1 aliphatic rings. The average molecular weight is 176 g/mol. The van der Waals surface area contributed by atoms with Gasteiger partial charge in [0.05, 0.1) is 0 Å². The third-order valence-corrected chi connectivity index (χ3v) is 1.96. The molecule has 2 rings (SSSR count). The molecule has 0 spiro atoms. The first-order valence-electron chi connectivity index (χ1n) is 4.17. The summed E-state index contributed by atoms with van der Waals surface area (Å²) in [4.78, 5) is 20.9. The number of anilines is 1. The highest BCUT2D eigenvalue weighted by Crippen LogP contribution is 2.15. The van der Waals surface area contributed by atoms with Gasteiger partial charge in [0.15, 0.2) is 6.29 Å². The predicted octanol–water partition coefficient (Wildman–Crippen LogP) is 0.622. The van der Waals surface area contributed by atoms with Gasteiger partial charge in [-0.3, -0.25) is 4.79 Å². The van der Waals surface area contributed by atoms with Gasteiger partial charge in [-0.15, -0.1) is 0 Å². The van der Waals surface area contributed by atoms with Crippen LogP contribution < -0.4 is 4.90 Å². The topological polar surface area (TPSA) is 46.1 Å². The number of aldehydes is 1. The maximum Gasteiger partial charge on any atom is 0.226 e. The van der Waals surface area contributed by atoms with Gasteiger partial charge in [0.2, 0.25) is 5.95 Å². The molecule has 1 fully saturated rings. The SMILES string of the molecule is Cc1cc(C=O)nc(N2C[CH]C2)n1. The van der Waals surface area contributed by atoms with Crippen molar-refractivity contribution in [1.29, 1.82) is 0 Å². The van der Waals surface area contributed by atoms with E-state index in [1.54, 1.807) is 6.07 Å². The Kier molecular flexibility index (Phi) is 1.96. The Labute approximate surface area is 76.6 Å². The molecule has 1 aliphatic heterocycles. The lowest BCUT2D eigenvalue weighted by Crippen LogP contribution is -2.39. The van der Waals surface area contributed by atoms with Crippen LogP contribution >= 0.6 is 0 Å². The first-order chi connectivity index (χ1) is 6.29. The van der Waals surface area contributed by atoms with Crippen LogP contribution in [0.1, 0.15) is 16.2 Å². The Hall–Kier alpha value is -1.45. The molecular formula is C9H10N3O. The van der Waals surface area contributed by atoms with E-state index in [1.807, 2.05) is 11.8 Å². The summed E-state index contributed by atoms with van der Waals surface area (Å²) in [5.74, 6) is 0.657. The Morgan fingerprint density at radius 2 is 2.23 bits per heavy atom. The summed E-state index contributed by atoms with van der Waals surface area (Å²) < 4.78 is 0. The predicted molar refractivity (Wildman–Crippen MR) is 48.7 cm³/mol. The Balaban J connectivity index is 2.33. The van der Waals surface area contributed by atoms with Crippen molar-refractivity contribution in [3.05, 3.63) is 23.9 Å². The summed E-state index contributed by atoms with van der Waals surface area (Å²) in [5, 5.41) is 0. The fraction of sp³-hybridized carbons (Fsp3) is 0.333. The van der Waals surface area contributed by atoms with E-state index in [-0.39, 0.29) is 0 Å². The second-order valence-electron chi connectivity index (χ2n) is 3.05. The molecule has 0 bridgehead atoms. The molecule has 0 N–H and O–H groups in total. The van der Waals surface area contributed by atoms with E-state index in [4.69, 9.17) is 0 Å². The third kappa shape index (κ3) is 1.52. The van der Waals surface area contributed by atoms with Crippen molar-refractivity contribution in [3.8, 4) is 0 Å². The molecule has 2 heterocycles. The quantitative estimate of drug-likeness (QED) is 0.620. The molecule has 0 aromatic carbocycles. The second kappa shape index (κ2) is 3.12. The fourth-order valence-electron chi connectivity index (χ4n) is 1.20. The van der Waals surface area contributed by atoms with Gasteiger partial charge in [-0.05, 0) is 13.0 Å². The first kappa shape index (κ1) is 8.16. The van der Waals surface area contributed by atoms with Crippen LogP contribution in [-0.4, -0.2) is 29.3 Å². The monoisotopic (exact) mass is 176 g/mol. The van der Waals surface area contributed by atoms with Gasteiger partial charge < -0.3 is 4.90 Å². The highest BCUT2D eigenvalue weighted by Gasteiger charge is 2.17. The van der Waals surface area contributed by atoms with Crippen molar-refractivity contribution in [1.82, 2.24) is 9.97 Å². The number of aromatic nitrogens is 2. The van der Waals surface area contributed by atoms with Crippen molar-refractivity contribution in [3.63, 3.8) is 0 Å². The normalized spacial score (nSPS) is 15.3. The number of carbonyl (C=O) groups excluding carboxylic acids is 1. The molecule has 0 atom stereocenters. The number of carbonyl (C=O) groups is 1. The summed E-state index contributed by atoms with van der Waals surface area (Å²) in [7, 11) is 0. The molecule has 0 unspecified atom stereocenters. The molecule has 4 heteroatoms. The van der Waals surface area contributed by atoms with E-state index < -0.39 is 0 Å². The van der Waals surface area contributed by atoms with Gasteiger partial charge >= 0.3 is 0 Å². The minimum atomic E-state index is 0.453. The largest absolute Gasteiger partial charge is 0.340 e. The van der Waals surface area contributed by atoms with Crippen molar-refractivity contribution in [2.24, 2.45) is 0 Å². The van der Waals surface area contributed by atoms with Gasteiger partial charge in [-0.1, -0.05) is 0 Å². The van der Waals surface area contributed by atoms with Gasteiger partial charge in [0.1, 0.15) is 5.69 Å². The lowest BCUT2D eigenvalue weighted by atomic mass is 10.2. The number of hydrogen-bond acceptors (Lipinski definition) is 4. The fourth-order valence-corrected chi connectivity index (χ4v) is 1.20. The van der Waals surface area contributed by atoms with Crippen molar-refractivity contribution < 1.29 is 4.79 Å². The van der Waals surface area contributed by atoms with Crippen molar-refractivity contribution in [2.75, 3.05) is 18.0 Å². The third-order valence-electron chi connectivity index (χ3n) is 1.96. The number of hydrogen-bond donors (Lipinski definition) is 0. The molecule has 0 saturated carbocycles. The number of aryl methyl sites for hydroxylation is 1. The van der Waals surface area contributed by atoms with Crippen LogP contribution in [0.5, 0.6) is 0 Å². The molecule has 13 heavy (non-hydrogen) atoms. The van der Waals surface area contributed by atoms with Crippen LogP contribution in [0.15, 0.2) is 6.07 Å². The molecule has 1 aromatic rings. The highest BCUT2D eigenvalue weighted by molar-refractivity contribution is 5.72. The lowest BCUT2D eigenvalue weighted by Gasteiger charge is -2.30. The highest BCUT2D eigenvalue weighted by atomic mass is 16.1. The van der Waals surface area contributed by atoms with E-state index in [1.165, 1.54) is 0 Å². The Bertz CT molecular complexity index is 334. The van der Waals surface area contributed by atoms with Gasteiger partial charge in [0.25, 0.3) is 0 Å². The van der Waals surface area contributed by atoms with Crippen molar-refractivity contribution in [2.45, 2.75) is 6.92 Å². The standard InChI is InChI=1S/C9H10N3O/c1-7-5-8(6-13)11-9(10-7)12-3-2-4-12/h2,5-6H,3-4H2,1H3. The molecule has 1 aromatic heterocycles. The summed E-state index contributed by atoms with van der Waals surface area (Å²) in [5.41, 5.74) is 1.29. The van der Waals surface area contributed by atoms with Crippen LogP contribution in [0.3, 0.4) is 0 Å². The van der Waals surface area contributed by atoms with Crippen molar-refractivity contribution >= 4 is 12.2 Å². The van der Waals surface area contributed by atoms with Crippen LogP contribution in [-0.2, 0) is 0 Å². The maximum absolute atomic E-state index is 10.5. The van der Waals surface area contributed by atoms with Gasteiger partial charge in [-0.25, -0.2) is 9.97 Å². The molecular weight excluding hydrogens is 166 g/mol. The van der Waals surface area contributed by atoms with Gasteiger partial charge in [0, 0.05) is 25.2 Å².